The van der Waals surface area contributed by atoms with Crippen LogP contribution in [-0.2, 0) is 6.54 Å². The Morgan fingerprint density at radius 3 is 2.70 bits per heavy atom. The lowest BCUT2D eigenvalue weighted by Crippen LogP contribution is -2.19. The third-order valence-corrected chi connectivity index (χ3v) is 3.60. The van der Waals surface area contributed by atoms with E-state index in [0.717, 1.165) is 13.0 Å². The fourth-order valence-corrected chi connectivity index (χ4v) is 2.39. The van der Waals surface area contributed by atoms with E-state index in [4.69, 9.17) is 0 Å². The van der Waals surface area contributed by atoms with Gasteiger partial charge in [0, 0.05) is 23.6 Å². The smallest absolute Gasteiger partial charge is 0.207 e. The van der Waals surface area contributed by atoms with Gasteiger partial charge < -0.3 is 5.32 Å². The molecule has 0 saturated heterocycles. The number of benzene rings is 1. The van der Waals surface area contributed by atoms with Crippen molar-refractivity contribution in [3.8, 4) is 0 Å². The summed E-state index contributed by atoms with van der Waals surface area (Å²) in [4.78, 5) is 10.2. The predicted octanol–water partition coefficient (Wildman–Crippen LogP) is 3.29. The molecule has 1 aromatic rings. The molecule has 0 bridgehead atoms. The number of rotatable bonds is 6. The molecule has 20 heavy (non-hydrogen) atoms. The molecule has 0 amide bonds. The van der Waals surface area contributed by atoms with Gasteiger partial charge in [0.15, 0.2) is 0 Å². The van der Waals surface area contributed by atoms with Crippen LogP contribution < -0.4 is 5.32 Å². The number of hydrogen-bond acceptors (Lipinski definition) is 3. The van der Waals surface area contributed by atoms with Crippen molar-refractivity contribution in [1.29, 1.82) is 0 Å². The molecule has 1 atom stereocenters. The van der Waals surface area contributed by atoms with E-state index < -0.39 is 0 Å². The molecule has 0 heterocycles. The van der Waals surface area contributed by atoms with Crippen molar-refractivity contribution in [3.05, 3.63) is 69.4 Å². The topological polar surface area (TPSA) is 55.2 Å². The van der Waals surface area contributed by atoms with Gasteiger partial charge >= 0.3 is 0 Å². The highest BCUT2D eigenvalue weighted by Crippen LogP contribution is 2.26. The summed E-state index contributed by atoms with van der Waals surface area (Å²) in [5, 5.41) is 13.9. The first-order chi connectivity index (χ1) is 9.65. The minimum Gasteiger partial charge on any atom is -0.384 e. The third-order valence-electron chi connectivity index (χ3n) is 3.60. The van der Waals surface area contributed by atoms with Gasteiger partial charge in [0.05, 0.1) is 0 Å². The minimum atomic E-state index is -0.250. The summed E-state index contributed by atoms with van der Waals surface area (Å²) in [5.74, 6) is 0.373. The quantitative estimate of drug-likeness (QED) is 0.638. The van der Waals surface area contributed by atoms with Crippen LogP contribution in [0.15, 0.2) is 53.8 Å². The van der Waals surface area contributed by atoms with Crippen LogP contribution >= 0.6 is 0 Å². The van der Waals surface area contributed by atoms with Gasteiger partial charge in [0.25, 0.3) is 0 Å². The van der Waals surface area contributed by atoms with Crippen LogP contribution in [-0.4, -0.2) is 11.5 Å². The Kier molecular flexibility index (Phi) is 4.93. The Labute approximate surface area is 119 Å². The fourth-order valence-electron chi connectivity index (χ4n) is 2.39. The first kappa shape index (κ1) is 14.3. The Balaban J connectivity index is 1.89. The van der Waals surface area contributed by atoms with Gasteiger partial charge in [-0.3, -0.25) is 10.1 Å². The molecule has 1 N–H and O–H groups in total. The van der Waals surface area contributed by atoms with Gasteiger partial charge in [0.2, 0.25) is 6.54 Å². The average Bonchev–Trinajstić information content (AvgIpc) is 2.45. The number of nitro groups is 1. The van der Waals surface area contributed by atoms with Gasteiger partial charge in [-0.25, -0.2) is 0 Å². The molecule has 2 rings (SSSR count). The normalized spacial score (nSPS) is 18.1. The molecule has 1 unspecified atom stereocenters. The summed E-state index contributed by atoms with van der Waals surface area (Å²) in [7, 11) is 0. The van der Waals surface area contributed by atoms with Crippen LogP contribution in [0, 0.1) is 16.0 Å². The highest BCUT2D eigenvalue weighted by molar-refractivity contribution is 5.26. The Hall–Kier alpha value is -2.10. The lowest BCUT2D eigenvalue weighted by Gasteiger charge is -2.22. The molecular weight excluding hydrogens is 252 g/mol. The van der Waals surface area contributed by atoms with Crippen LogP contribution in [0.5, 0.6) is 0 Å². The molecule has 4 nitrogen and oxygen atoms in total. The first-order valence-electron chi connectivity index (χ1n) is 6.94. The summed E-state index contributed by atoms with van der Waals surface area (Å²) < 4.78 is 0. The lowest BCUT2D eigenvalue weighted by atomic mass is 9.89. The number of nitrogens with one attached hydrogen (secondary N) is 1. The molecule has 0 aliphatic heterocycles. The van der Waals surface area contributed by atoms with Gasteiger partial charge in [-0.2, -0.15) is 0 Å². The summed E-state index contributed by atoms with van der Waals surface area (Å²) >= 11 is 0. The largest absolute Gasteiger partial charge is 0.384 e. The maximum Gasteiger partial charge on any atom is 0.207 e. The number of nitrogens with zero attached hydrogens (tertiary/aromatic N) is 1. The van der Waals surface area contributed by atoms with Crippen molar-refractivity contribution in [2.24, 2.45) is 5.92 Å². The second-order valence-electron chi connectivity index (χ2n) is 5.18. The molecule has 1 aromatic carbocycles. The van der Waals surface area contributed by atoms with Crippen LogP contribution in [0.3, 0.4) is 0 Å². The highest BCUT2D eigenvalue weighted by Gasteiger charge is 2.16. The van der Waals surface area contributed by atoms with E-state index in [1.807, 2.05) is 24.3 Å². The second kappa shape index (κ2) is 6.89. The maximum absolute atomic E-state index is 10.4. The Bertz CT molecular complexity index is 521. The fraction of sp³-hybridized carbons (Fsp3) is 0.375. The SMILES string of the molecule is CC1CC(NCc2ccccc2)=CC=C1CC[N+](=O)[O-]. The third kappa shape index (κ3) is 4.23. The maximum atomic E-state index is 10.4. The molecule has 0 radical (unpaired) electrons. The zero-order valence-corrected chi connectivity index (χ0v) is 11.7. The van der Waals surface area contributed by atoms with E-state index in [9.17, 15) is 10.1 Å². The Morgan fingerprint density at radius 1 is 1.30 bits per heavy atom. The molecule has 1 aliphatic carbocycles. The van der Waals surface area contributed by atoms with Gasteiger partial charge in [-0.15, -0.1) is 0 Å². The van der Waals surface area contributed by atoms with Gasteiger partial charge in [0.1, 0.15) is 0 Å². The summed E-state index contributed by atoms with van der Waals surface area (Å²) in [6, 6.07) is 10.3. The molecule has 0 saturated carbocycles. The van der Waals surface area contributed by atoms with Crippen molar-refractivity contribution < 1.29 is 4.92 Å². The van der Waals surface area contributed by atoms with Crippen molar-refractivity contribution in [1.82, 2.24) is 5.32 Å². The summed E-state index contributed by atoms with van der Waals surface area (Å²) in [6.45, 7) is 2.97. The van der Waals surface area contributed by atoms with Crippen molar-refractivity contribution >= 4 is 0 Å². The van der Waals surface area contributed by atoms with Crippen molar-refractivity contribution in [2.75, 3.05) is 6.54 Å². The van der Waals surface area contributed by atoms with E-state index >= 15 is 0 Å². The zero-order chi connectivity index (χ0) is 14.4. The minimum absolute atomic E-state index is 0.0246. The standard InChI is InChI=1S/C16H20N2O2/c1-13-11-16(8-7-15(13)9-10-18(19)20)17-12-14-5-3-2-4-6-14/h2-8,13,17H,9-12H2,1H3. The number of allylic oxidation sites excluding steroid dienone is 3. The van der Waals surface area contributed by atoms with E-state index in [2.05, 4.69) is 30.4 Å². The molecule has 0 spiro atoms. The average molecular weight is 272 g/mol. The molecule has 4 heteroatoms. The Morgan fingerprint density at radius 2 is 2.05 bits per heavy atom. The van der Waals surface area contributed by atoms with E-state index in [0.29, 0.717) is 12.3 Å². The van der Waals surface area contributed by atoms with Crippen molar-refractivity contribution in [2.45, 2.75) is 26.3 Å². The van der Waals surface area contributed by atoms with E-state index in [1.165, 1.54) is 16.8 Å². The zero-order valence-electron chi connectivity index (χ0n) is 11.7. The molecule has 0 fully saturated rings. The van der Waals surface area contributed by atoms with Crippen LogP contribution in [0.1, 0.15) is 25.3 Å². The van der Waals surface area contributed by atoms with E-state index in [1.54, 1.807) is 0 Å². The van der Waals surface area contributed by atoms with Gasteiger partial charge in [-0.05, 0) is 24.0 Å². The van der Waals surface area contributed by atoms with Crippen LogP contribution in [0.25, 0.3) is 0 Å². The highest BCUT2D eigenvalue weighted by atomic mass is 16.6. The van der Waals surface area contributed by atoms with Crippen molar-refractivity contribution in [3.63, 3.8) is 0 Å². The monoisotopic (exact) mass is 272 g/mol. The molecule has 0 aromatic heterocycles. The molecule has 106 valence electrons. The molecular formula is C16H20N2O2. The van der Waals surface area contributed by atoms with Crippen LogP contribution in [0.2, 0.25) is 0 Å². The van der Waals surface area contributed by atoms with Crippen LogP contribution in [0.4, 0.5) is 0 Å². The predicted molar refractivity (Wildman–Crippen MR) is 79.7 cm³/mol. The molecule has 1 aliphatic rings. The lowest BCUT2D eigenvalue weighted by molar-refractivity contribution is -0.479. The van der Waals surface area contributed by atoms with E-state index in [-0.39, 0.29) is 11.5 Å². The number of hydrogen-bond donors (Lipinski definition) is 1. The summed E-state index contributed by atoms with van der Waals surface area (Å²) in [6.07, 6.45) is 5.57. The summed E-state index contributed by atoms with van der Waals surface area (Å²) in [5.41, 5.74) is 3.63. The van der Waals surface area contributed by atoms with Gasteiger partial charge in [-0.1, -0.05) is 48.9 Å². The first-order valence-corrected chi connectivity index (χ1v) is 6.94. The second-order valence-corrected chi connectivity index (χ2v) is 5.18.